The number of aromatic nitrogens is 3. The molecule has 6 nitrogen and oxygen atoms in total. The Hall–Kier alpha value is -3.51. The molecule has 2 aliphatic rings. The first kappa shape index (κ1) is 21.1. The predicted molar refractivity (Wildman–Crippen MR) is 133 cm³/mol. The summed E-state index contributed by atoms with van der Waals surface area (Å²) in [6, 6.07) is 23.1. The molecule has 2 aromatic carbocycles. The van der Waals surface area contributed by atoms with Crippen LogP contribution in [0.1, 0.15) is 40.2 Å². The zero-order valence-electron chi connectivity index (χ0n) is 19.5. The van der Waals surface area contributed by atoms with Crippen LogP contribution in [0.2, 0.25) is 0 Å². The Morgan fingerprint density at radius 2 is 1.62 bits per heavy atom. The Bertz CT molecular complexity index is 1340. The molecule has 1 amide bonds. The number of pyridine rings is 1. The molecule has 6 rings (SSSR count). The van der Waals surface area contributed by atoms with Gasteiger partial charge in [0, 0.05) is 37.6 Å². The summed E-state index contributed by atoms with van der Waals surface area (Å²) in [4.78, 5) is 22.7. The Morgan fingerprint density at radius 3 is 2.41 bits per heavy atom. The molecule has 0 saturated carbocycles. The fourth-order valence-corrected chi connectivity index (χ4v) is 5.44. The summed E-state index contributed by atoms with van der Waals surface area (Å²) in [5.74, 6) is 0.0165. The zero-order chi connectivity index (χ0) is 23.1. The average molecular weight is 452 g/mol. The highest BCUT2D eigenvalue weighted by Crippen LogP contribution is 2.26. The lowest BCUT2D eigenvalue weighted by Crippen LogP contribution is -2.48. The van der Waals surface area contributed by atoms with E-state index in [-0.39, 0.29) is 5.91 Å². The highest BCUT2D eigenvalue weighted by atomic mass is 16.2. The van der Waals surface area contributed by atoms with E-state index in [1.54, 1.807) is 0 Å². The van der Waals surface area contributed by atoms with Gasteiger partial charge in [0.1, 0.15) is 5.69 Å². The highest BCUT2D eigenvalue weighted by Gasteiger charge is 2.30. The van der Waals surface area contributed by atoms with Crippen LogP contribution in [-0.2, 0) is 13.0 Å². The van der Waals surface area contributed by atoms with Gasteiger partial charge in [-0.3, -0.25) is 9.69 Å². The lowest BCUT2D eigenvalue weighted by Gasteiger charge is -2.40. The van der Waals surface area contributed by atoms with Crippen LogP contribution in [-0.4, -0.2) is 56.1 Å². The molecule has 1 fully saturated rings. The van der Waals surface area contributed by atoms with Crippen LogP contribution in [0.5, 0.6) is 0 Å². The van der Waals surface area contributed by atoms with E-state index in [1.165, 1.54) is 11.1 Å². The molecular formula is C28H29N5O. The van der Waals surface area contributed by atoms with Crippen molar-refractivity contribution < 1.29 is 4.79 Å². The number of piperidine rings is 1. The normalized spacial score (nSPS) is 17.1. The average Bonchev–Trinajstić information content (AvgIpc) is 3.24. The first-order chi connectivity index (χ1) is 16.7. The lowest BCUT2D eigenvalue weighted by atomic mass is 9.95. The number of hydrogen-bond acceptors (Lipinski definition) is 4. The molecule has 172 valence electrons. The number of para-hydroxylation sites is 1. The van der Waals surface area contributed by atoms with E-state index in [9.17, 15) is 4.79 Å². The molecule has 1 saturated heterocycles. The number of amides is 1. The summed E-state index contributed by atoms with van der Waals surface area (Å²) in [6.07, 6.45) is 3.14. The van der Waals surface area contributed by atoms with Crippen molar-refractivity contribution in [3.05, 3.63) is 89.2 Å². The first-order valence-corrected chi connectivity index (χ1v) is 12.2. The quantitative estimate of drug-likeness (QED) is 0.464. The summed E-state index contributed by atoms with van der Waals surface area (Å²) in [7, 11) is 0. The second-order valence-electron chi connectivity index (χ2n) is 9.41. The van der Waals surface area contributed by atoms with Gasteiger partial charge in [0.05, 0.1) is 11.4 Å². The van der Waals surface area contributed by atoms with Crippen LogP contribution in [0.3, 0.4) is 0 Å². The molecule has 6 heteroatoms. The molecule has 0 unspecified atom stereocenters. The number of hydrogen-bond donors (Lipinski definition) is 0. The van der Waals surface area contributed by atoms with Gasteiger partial charge in [-0.1, -0.05) is 42.5 Å². The third-order valence-electron chi connectivity index (χ3n) is 7.36. The molecule has 2 aliphatic heterocycles. The van der Waals surface area contributed by atoms with Crippen molar-refractivity contribution in [2.24, 2.45) is 0 Å². The number of nitrogens with zero attached hydrogens (tertiary/aromatic N) is 5. The van der Waals surface area contributed by atoms with E-state index in [4.69, 9.17) is 4.98 Å². The molecule has 0 N–H and O–H groups in total. The van der Waals surface area contributed by atoms with Gasteiger partial charge in [-0.05, 0) is 61.6 Å². The second kappa shape index (κ2) is 8.69. The fraction of sp³-hybridized carbons (Fsp3) is 0.321. The third kappa shape index (κ3) is 3.78. The van der Waals surface area contributed by atoms with Crippen molar-refractivity contribution in [1.82, 2.24) is 24.6 Å². The Labute approximate surface area is 199 Å². The number of rotatable bonds is 3. The maximum atomic E-state index is 13.4. The maximum absolute atomic E-state index is 13.4. The van der Waals surface area contributed by atoms with Gasteiger partial charge in [-0.2, -0.15) is 5.10 Å². The summed E-state index contributed by atoms with van der Waals surface area (Å²) in [5, 5.41) is 5.65. The minimum atomic E-state index is 0.0165. The summed E-state index contributed by atoms with van der Waals surface area (Å²) < 4.78 is 1.84. The smallest absolute Gasteiger partial charge is 0.272 e. The molecule has 0 atom stereocenters. The van der Waals surface area contributed by atoms with Gasteiger partial charge >= 0.3 is 0 Å². The standard InChI is InChI=1S/C28H29N5O/c1-20-25-11-12-26(29-27(25)33(30-20)24-9-3-2-4-10-24)28(34)31-17-14-23(15-18-31)32-16-13-21-7-5-6-8-22(21)19-32/h2-12,23H,13-19H2,1H3. The van der Waals surface area contributed by atoms with Crippen molar-refractivity contribution >= 4 is 16.9 Å². The van der Waals surface area contributed by atoms with Gasteiger partial charge in [0.2, 0.25) is 0 Å². The van der Waals surface area contributed by atoms with Crippen molar-refractivity contribution in [1.29, 1.82) is 0 Å². The van der Waals surface area contributed by atoms with E-state index < -0.39 is 0 Å². The molecule has 34 heavy (non-hydrogen) atoms. The van der Waals surface area contributed by atoms with Gasteiger partial charge in [-0.15, -0.1) is 0 Å². The maximum Gasteiger partial charge on any atom is 0.272 e. The highest BCUT2D eigenvalue weighted by molar-refractivity contribution is 5.95. The van der Waals surface area contributed by atoms with Crippen molar-refractivity contribution in [3.8, 4) is 5.69 Å². The minimum Gasteiger partial charge on any atom is -0.337 e. The van der Waals surface area contributed by atoms with E-state index >= 15 is 0 Å². The van der Waals surface area contributed by atoms with E-state index in [1.807, 2.05) is 59.0 Å². The van der Waals surface area contributed by atoms with E-state index in [2.05, 4.69) is 34.3 Å². The number of aryl methyl sites for hydroxylation is 1. The van der Waals surface area contributed by atoms with Gasteiger partial charge < -0.3 is 4.90 Å². The molecule has 0 radical (unpaired) electrons. The number of fused-ring (bicyclic) bond motifs is 2. The molecule has 0 aliphatic carbocycles. The number of carbonyl (C=O) groups excluding carboxylic acids is 1. The molecule has 4 aromatic rings. The van der Waals surface area contributed by atoms with Crippen LogP contribution in [0.25, 0.3) is 16.7 Å². The van der Waals surface area contributed by atoms with Crippen molar-refractivity contribution in [2.45, 2.75) is 38.8 Å². The van der Waals surface area contributed by atoms with Gasteiger partial charge in [-0.25, -0.2) is 9.67 Å². The molecule has 0 spiro atoms. The monoisotopic (exact) mass is 451 g/mol. The summed E-state index contributed by atoms with van der Waals surface area (Å²) >= 11 is 0. The van der Waals surface area contributed by atoms with Crippen LogP contribution in [0.4, 0.5) is 0 Å². The predicted octanol–water partition coefficient (Wildman–Crippen LogP) is 4.39. The Kier molecular flexibility index (Phi) is 5.38. The Morgan fingerprint density at radius 1 is 0.882 bits per heavy atom. The zero-order valence-corrected chi connectivity index (χ0v) is 19.5. The molecule has 0 bridgehead atoms. The number of benzene rings is 2. The van der Waals surface area contributed by atoms with Crippen LogP contribution in [0, 0.1) is 6.92 Å². The molecule has 2 aromatic heterocycles. The van der Waals surface area contributed by atoms with Crippen LogP contribution in [0.15, 0.2) is 66.7 Å². The van der Waals surface area contributed by atoms with Crippen LogP contribution < -0.4 is 0 Å². The van der Waals surface area contributed by atoms with Crippen molar-refractivity contribution in [2.75, 3.05) is 19.6 Å². The van der Waals surface area contributed by atoms with E-state index in [0.29, 0.717) is 11.7 Å². The Balaban J connectivity index is 1.17. The number of carbonyl (C=O) groups is 1. The van der Waals surface area contributed by atoms with E-state index in [0.717, 1.165) is 67.9 Å². The topological polar surface area (TPSA) is 54.3 Å². The van der Waals surface area contributed by atoms with Crippen molar-refractivity contribution in [3.63, 3.8) is 0 Å². The van der Waals surface area contributed by atoms with Crippen LogP contribution >= 0.6 is 0 Å². The fourth-order valence-electron chi connectivity index (χ4n) is 5.44. The molecular weight excluding hydrogens is 422 g/mol. The van der Waals surface area contributed by atoms with Gasteiger partial charge in [0.15, 0.2) is 5.65 Å². The molecule has 4 heterocycles. The summed E-state index contributed by atoms with van der Waals surface area (Å²) in [5.41, 5.74) is 6.02. The largest absolute Gasteiger partial charge is 0.337 e. The summed E-state index contributed by atoms with van der Waals surface area (Å²) in [6.45, 7) is 5.66. The first-order valence-electron chi connectivity index (χ1n) is 12.2. The second-order valence-corrected chi connectivity index (χ2v) is 9.41. The van der Waals surface area contributed by atoms with Gasteiger partial charge in [0.25, 0.3) is 5.91 Å². The lowest BCUT2D eigenvalue weighted by molar-refractivity contribution is 0.0594. The third-order valence-corrected chi connectivity index (χ3v) is 7.36. The number of likely N-dealkylation sites (tertiary alicyclic amines) is 1. The minimum absolute atomic E-state index is 0.0165. The SMILES string of the molecule is Cc1nn(-c2ccccc2)c2nc(C(=O)N3CCC(N4CCc5ccccc5C4)CC3)ccc12.